The molecule has 3 aliphatic rings. The summed E-state index contributed by atoms with van der Waals surface area (Å²) in [6, 6.07) is 0. The zero-order valence-corrected chi connectivity index (χ0v) is 23.7. The van der Waals surface area contributed by atoms with E-state index in [-0.39, 0.29) is 0 Å². The van der Waals surface area contributed by atoms with Crippen LogP contribution in [-0.4, -0.2) is 200 Å². The van der Waals surface area contributed by atoms with Gasteiger partial charge in [-0.1, -0.05) is 0 Å². The molecule has 14 N–H and O–H groups in total. The van der Waals surface area contributed by atoms with E-state index < -0.39 is 148 Å². The van der Waals surface area contributed by atoms with Crippen molar-refractivity contribution in [2.24, 2.45) is 0 Å². The minimum absolute atomic E-state index is 1.10. The van der Waals surface area contributed by atoms with Crippen molar-refractivity contribution in [1.29, 1.82) is 0 Å². The van der Waals surface area contributed by atoms with E-state index in [1.807, 2.05) is 0 Å². The molecule has 0 radical (unpaired) electrons. The van der Waals surface area contributed by atoms with Crippen LogP contribution in [0.25, 0.3) is 0 Å². The summed E-state index contributed by atoms with van der Waals surface area (Å²) in [5, 5.41) is 141. The predicted octanol–water partition coefficient (Wildman–Crippen LogP) is -8.04. The first-order valence-electron chi connectivity index (χ1n) is 13.7. The Balaban J connectivity index is 2.08. The Morgan fingerprint density at radius 3 is 1.37 bits per heavy atom. The summed E-state index contributed by atoms with van der Waals surface area (Å²) in [5.41, 5.74) is 0. The van der Waals surface area contributed by atoms with Crippen molar-refractivity contribution in [3.63, 3.8) is 0 Å². The molecule has 266 valence electrons. The molecule has 22 nitrogen and oxygen atoms in total. The zero-order chi connectivity index (χ0) is 34.9. The van der Waals surface area contributed by atoms with Gasteiger partial charge >= 0.3 is 17.9 Å². The van der Waals surface area contributed by atoms with Crippen molar-refractivity contribution >= 4 is 17.9 Å². The number of carboxylic acids is 3. The number of carbonyl (C=O) groups is 3. The highest BCUT2D eigenvalue weighted by atomic mass is 16.8. The molecule has 22 heteroatoms. The van der Waals surface area contributed by atoms with Gasteiger partial charge in [-0.15, -0.1) is 0 Å². The lowest BCUT2D eigenvalue weighted by atomic mass is 9.89. The average molecular weight is 679 g/mol. The molecular weight excluding hydrogens is 640 g/mol. The number of aliphatic hydroxyl groups excluding tert-OH is 10. The van der Waals surface area contributed by atoms with E-state index >= 15 is 0 Å². The third-order valence-corrected chi connectivity index (χ3v) is 7.94. The molecule has 0 aliphatic carbocycles. The number of carboxylic acid groups (broad SMARTS) is 3. The molecule has 0 bridgehead atoms. The smallest absolute Gasteiger partial charge is 0.364 e. The van der Waals surface area contributed by atoms with Crippen molar-refractivity contribution in [2.45, 2.75) is 110 Å². The van der Waals surface area contributed by atoms with Crippen LogP contribution in [0.3, 0.4) is 0 Å². The molecule has 0 aromatic heterocycles. The molecule has 3 rings (SSSR count). The number of aliphatic carboxylic acids is 3. The first kappa shape index (κ1) is 38.2. The first-order chi connectivity index (χ1) is 21.3. The van der Waals surface area contributed by atoms with Crippen LogP contribution < -0.4 is 0 Å². The fraction of sp³-hybridized carbons (Fsp3) is 0.875. The number of rotatable bonds is 13. The Morgan fingerprint density at radius 1 is 0.609 bits per heavy atom. The maximum Gasteiger partial charge on any atom is 0.364 e. The molecule has 0 unspecified atom stereocenters. The van der Waals surface area contributed by atoms with Gasteiger partial charge < -0.3 is 95.2 Å². The molecule has 0 saturated carbocycles. The summed E-state index contributed by atoms with van der Waals surface area (Å²) in [6.07, 6.45) is -29.1. The van der Waals surface area contributed by atoms with Crippen molar-refractivity contribution in [2.75, 3.05) is 19.8 Å². The summed E-state index contributed by atoms with van der Waals surface area (Å²) in [7, 11) is 0. The standard InChI is InChI=1S/C24H38O22/c25-4-8(29)16-13(32)7(28)1-23(45-16,20(37)38)43-12-3-24(21(39)40,46-18(15(12)34)10(31)6-27)42-11-2-22(41,19(35)36)44-17(14(11)33)9(30)5-26/h7-18,25-34,41H,1-6H2,(H,35,36)(H,37,38)(H,39,40)/t7-,8-,9-,10-,11-,12-,13-,14-,15-,16-,17-,18-,22-,23-,24-/m1/s1. The van der Waals surface area contributed by atoms with E-state index in [0.717, 1.165) is 0 Å². The van der Waals surface area contributed by atoms with Crippen molar-refractivity contribution in [1.82, 2.24) is 0 Å². The fourth-order valence-electron chi connectivity index (χ4n) is 5.44. The monoisotopic (exact) mass is 678 g/mol. The highest BCUT2D eigenvalue weighted by Gasteiger charge is 2.63. The Hall–Kier alpha value is -2.23. The van der Waals surface area contributed by atoms with Crippen LogP contribution in [0.1, 0.15) is 19.3 Å². The topological polar surface area (TPSA) is 381 Å². The molecule has 3 heterocycles. The van der Waals surface area contributed by atoms with Gasteiger partial charge in [0.05, 0.1) is 38.1 Å². The second-order valence-corrected chi connectivity index (χ2v) is 11.2. The normalized spacial score (nSPS) is 43.8. The van der Waals surface area contributed by atoms with Gasteiger partial charge in [0.15, 0.2) is 0 Å². The lowest BCUT2D eigenvalue weighted by molar-refractivity contribution is -0.390. The Labute approximate surface area is 257 Å². The molecular formula is C24H38O22. The molecule has 15 atom stereocenters. The van der Waals surface area contributed by atoms with Crippen LogP contribution in [0, 0.1) is 0 Å². The van der Waals surface area contributed by atoms with Crippen molar-refractivity contribution < 1.29 is 110 Å². The van der Waals surface area contributed by atoms with E-state index in [1.165, 1.54) is 0 Å². The maximum atomic E-state index is 12.7. The summed E-state index contributed by atoms with van der Waals surface area (Å²) in [6.45, 7) is -3.47. The molecule has 0 aromatic carbocycles. The Bertz CT molecular complexity index is 1090. The third kappa shape index (κ3) is 7.26. The third-order valence-electron chi connectivity index (χ3n) is 7.94. The molecule has 0 aromatic rings. The molecule has 3 saturated heterocycles. The number of hydrogen-bond acceptors (Lipinski definition) is 19. The number of aliphatic hydroxyl groups is 11. The van der Waals surface area contributed by atoms with Gasteiger partial charge in [0, 0.05) is 19.3 Å². The van der Waals surface area contributed by atoms with Crippen LogP contribution in [0.2, 0.25) is 0 Å². The highest BCUT2D eigenvalue weighted by Crippen LogP contribution is 2.42. The van der Waals surface area contributed by atoms with Crippen LogP contribution in [-0.2, 0) is 38.1 Å². The van der Waals surface area contributed by atoms with Gasteiger partial charge in [-0.2, -0.15) is 0 Å². The van der Waals surface area contributed by atoms with E-state index in [0.29, 0.717) is 0 Å². The van der Waals surface area contributed by atoms with E-state index in [1.54, 1.807) is 0 Å². The lowest BCUT2D eigenvalue weighted by Gasteiger charge is -2.51. The minimum Gasteiger partial charge on any atom is -0.477 e. The van der Waals surface area contributed by atoms with Crippen LogP contribution >= 0.6 is 0 Å². The molecule has 0 amide bonds. The SMILES string of the molecule is O=C(O)[C@@]1(O[C@@H]2C[C@](O[C@@H]3C[C@](O)(C(=O)O)O[C@H]([C@H](O)CO)[C@@H]3O)(C(=O)O)O[C@H]([C@H](O)CO)[C@@H]2O)C[C@@H](O)[C@@H](O)[C@@H]([C@H](O)CO)O1. The maximum absolute atomic E-state index is 12.7. The van der Waals surface area contributed by atoms with Crippen molar-refractivity contribution in [3.8, 4) is 0 Å². The van der Waals surface area contributed by atoms with Gasteiger partial charge in [0.1, 0.15) is 54.9 Å². The summed E-state index contributed by atoms with van der Waals surface area (Å²) in [4.78, 5) is 36.9. The molecule has 3 fully saturated rings. The average Bonchev–Trinajstić information content (AvgIpc) is 3.00. The van der Waals surface area contributed by atoms with E-state index in [2.05, 4.69) is 0 Å². The minimum atomic E-state index is -3.27. The molecule has 0 spiro atoms. The second kappa shape index (κ2) is 14.5. The highest BCUT2D eigenvalue weighted by molar-refractivity contribution is 5.77. The number of hydrogen-bond donors (Lipinski definition) is 14. The van der Waals surface area contributed by atoms with E-state index in [9.17, 15) is 85.9 Å². The lowest BCUT2D eigenvalue weighted by Crippen LogP contribution is -2.69. The molecule has 46 heavy (non-hydrogen) atoms. The number of ether oxygens (including phenoxy) is 5. The Kier molecular flexibility index (Phi) is 12.0. The van der Waals surface area contributed by atoms with Crippen molar-refractivity contribution in [3.05, 3.63) is 0 Å². The van der Waals surface area contributed by atoms with Crippen LogP contribution in [0.4, 0.5) is 0 Å². The van der Waals surface area contributed by atoms with Crippen LogP contribution in [0.5, 0.6) is 0 Å². The van der Waals surface area contributed by atoms with Gasteiger partial charge in [-0.05, 0) is 0 Å². The summed E-state index contributed by atoms with van der Waals surface area (Å²) >= 11 is 0. The van der Waals surface area contributed by atoms with Crippen LogP contribution in [0.15, 0.2) is 0 Å². The van der Waals surface area contributed by atoms with Gasteiger partial charge in [0.2, 0.25) is 0 Å². The van der Waals surface area contributed by atoms with E-state index in [4.69, 9.17) is 23.7 Å². The summed E-state index contributed by atoms with van der Waals surface area (Å²) < 4.78 is 26.4. The van der Waals surface area contributed by atoms with Gasteiger partial charge in [-0.25, -0.2) is 14.4 Å². The fourth-order valence-corrected chi connectivity index (χ4v) is 5.44. The predicted molar refractivity (Wildman–Crippen MR) is 135 cm³/mol. The first-order valence-corrected chi connectivity index (χ1v) is 13.7. The second-order valence-electron chi connectivity index (χ2n) is 11.2. The molecule has 3 aliphatic heterocycles. The quantitative estimate of drug-likeness (QED) is 0.0859. The van der Waals surface area contributed by atoms with Gasteiger partial charge in [-0.3, -0.25) is 0 Å². The largest absolute Gasteiger partial charge is 0.477 e. The van der Waals surface area contributed by atoms with Gasteiger partial charge in [0.25, 0.3) is 17.4 Å². The summed E-state index contributed by atoms with van der Waals surface area (Å²) in [5.74, 6) is -15.9. The Morgan fingerprint density at radius 2 is 0.978 bits per heavy atom. The zero-order valence-electron chi connectivity index (χ0n) is 23.7.